The van der Waals surface area contributed by atoms with E-state index in [2.05, 4.69) is 16.8 Å². The van der Waals surface area contributed by atoms with Crippen molar-refractivity contribution in [1.82, 2.24) is 14.9 Å². The summed E-state index contributed by atoms with van der Waals surface area (Å²) in [6, 6.07) is 0. The van der Waals surface area contributed by atoms with Gasteiger partial charge in [-0.1, -0.05) is 0 Å². The molecule has 0 unspecified atom stereocenters. The highest BCUT2D eigenvalue weighted by Gasteiger charge is 2.23. The minimum absolute atomic E-state index is 0.375. The second-order valence-electron chi connectivity index (χ2n) is 7.11. The molecule has 0 spiro atoms. The molecule has 0 aromatic carbocycles. The van der Waals surface area contributed by atoms with Crippen LogP contribution in [-0.2, 0) is 16.0 Å². The van der Waals surface area contributed by atoms with Crippen LogP contribution in [0, 0.1) is 13.8 Å². The second kappa shape index (κ2) is 7.34. The Kier molecular flexibility index (Phi) is 5.68. The number of hydrogen-bond donors (Lipinski definition) is 1. The molecular formula is C17H29N3O3. The van der Waals surface area contributed by atoms with Crippen LogP contribution in [0.4, 0.5) is 4.79 Å². The molecule has 1 saturated heterocycles. The predicted octanol–water partition coefficient (Wildman–Crippen LogP) is 2.92. The van der Waals surface area contributed by atoms with Crippen molar-refractivity contribution in [3.8, 4) is 0 Å². The zero-order valence-corrected chi connectivity index (χ0v) is 14.9. The summed E-state index contributed by atoms with van der Waals surface area (Å²) >= 11 is 0. The second-order valence-corrected chi connectivity index (χ2v) is 7.11. The molecule has 0 atom stereocenters. The predicted molar refractivity (Wildman–Crippen MR) is 88.7 cm³/mol. The molecule has 0 aliphatic carbocycles. The minimum Gasteiger partial charge on any atom is -0.444 e. The average Bonchev–Trinajstić information content (AvgIpc) is 2.74. The first-order valence-electron chi connectivity index (χ1n) is 8.36. The molecule has 1 aliphatic rings. The van der Waals surface area contributed by atoms with Crippen LogP contribution in [0.3, 0.4) is 0 Å². The number of carbonyl (C=O) groups is 1. The first-order valence-corrected chi connectivity index (χ1v) is 8.36. The number of nitrogens with zero attached hydrogens (tertiary/aromatic N) is 2. The van der Waals surface area contributed by atoms with Gasteiger partial charge in [0.2, 0.25) is 0 Å². The van der Waals surface area contributed by atoms with Crippen LogP contribution < -0.4 is 5.32 Å². The van der Waals surface area contributed by atoms with Gasteiger partial charge in [-0.15, -0.1) is 0 Å². The molecule has 6 nitrogen and oxygen atoms in total. The maximum Gasteiger partial charge on any atom is 0.407 e. The Bertz CT molecular complexity index is 540. The normalized spacial score (nSPS) is 16.4. The summed E-state index contributed by atoms with van der Waals surface area (Å²) in [5.41, 5.74) is 1.75. The van der Waals surface area contributed by atoms with Crippen LogP contribution in [0.1, 0.15) is 56.7 Å². The van der Waals surface area contributed by atoms with Crippen LogP contribution in [0.25, 0.3) is 0 Å². The largest absolute Gasteiger partial charge is 0.444 e. The van der Waals surface area contributed by atoms with Gasteiger partial charge in [0, 0.05) is 37.9 Å². The fraction of sp³-hybridized carbons (Fsp3) is 0.765. The van der Waals surface area contributed by atoms with Gasteiger partial charge in [0.25, 0.3) is 0 Å². The molecule has 6 heteroatoms. The zero-order valence-electron chi connectivity index (χ0n) is 14.9. The molecule has 0 bridgehead atoms. The lowest BCUT2D eigenvalue weighted by Crippen LogP contribution is -2.34. The minimum atomic E-state index is -0.473. The van der Waals surface area contributed by atoms with Crippen LogP contribution in [0.2, 0.25) is 0 Å². The number of imidazole rings is 1. The molecule has 1 aliphatic heterocycles. The molecule has 0 radical (unpaired) electrons. The third-order valence-electron chi connectivity index (χ3n) is 4.08. The molecule has 130 valence electrons. The summed E-state index contributed by atoms with van der Waals surface area (Å²) in [6.45, 7) is 12.5. The third kappa shape index (κ3) is 4.96. The van der Waals surface area contributed by atoms with E-state index in [9.17, 15) is 4.79 Å². The van der Waals surface area contributed by atoms with Crippen LogP contribution >= 0.6 is 0 Å². The van der Waals surface area contributed by atoms with E-state index < -0.39 is 5.60 Å². The highest BCUT2D eigenvalue weighted by Crippen LogP contribution is 2.27. The first kappa shape index (κ1) is 17.8. The number of nitrogens with one attached hydrogen (secondary N) is 1. The van der Waals surface area contributed by atoms with Crippen molar-refractivity contribution in [3.63, 3.8) is 0 Å². The van der Waals surface area contributed by atoms with Gasteiger partial charge in [-0.2, -0.15) is 0 Å². The van der Waals surface area contributed by atoms with Crippen molar-refractivity contribution < 1.29 is 14.3 Å². The Labute approximate surface area is 138 Å². The van der Waals surface area contributed by atoms with E-state index in [0.717, 1.165) is 43.3 Å². The van der Waals surface area contributed by atoms with E-state index in [-0.39, 0.29) is 6.09 Å². The zero-order chi connectivity index (χ0) is 17.0. The number of rotatable bonds is 4. The SMILES string of the molecule is Cc1nc(C2CCOCC2)n(CCNC(=O)OC(C)(C)C)c1C. The highest BCUT2D eigenvalue weighted by atomic mass is 16.6. The molecule has 1 amide bonds. The fourth-order valence-electron chi connectivity index (χ4n) is 2.81. The lowest BCUT2D eigenvalue weighted by Gasteiger charge is -2.23. The molecule has 2 rings (SSSR count). The Balaban J connectivity index is 1.97. The van der Waals surface area contributed by atoms with E-state index in [1.165, 1.54) is 0 Å². The van der Waals surface area contributed by atoms with Gasteiger partial charge in [0.05, 0.1) is 5.69 Å². The van der Waals surface area contributed by atoms with Gasteiger partial charge in [0.1, 0.15) is 11.4 Å². The number of carbonyl (C=O) groups excluding carboxylic acids is 1. The molecule has 1 fully saturated rings. The van der Waals surface area contributed by atoms with E-state index in [4.69, 9.17) is 14.5 Å². The number of ether oxygens (including phenoxy) is 2. The molecule has 0 saturated carbocycles. The molecule has 1 aromatic heterocycles. The van der Waals surface area contributed by atoms with Crippen molar-refractivity contribution in [2.75, 3.05) is 19.8 Å². The lowest BCUT2D eigenvalue weighted by atomic mass is 9.99. The van der Waals surface area contributed by atoms with Gasteiger partial charge < -0.3 is 19.4 Å². The topological polar surface area (TPSA) is 65.4 Å². The number of aryl methyl sites for hydroxylation is 1. The molecular weight excluding hydrogens is 294 g/mol. The van der Waals surface area contributed by atoms with Gasteiger partial charge in [0.15, 0.2) is 0 Å². The maximum absolute atomic E-state index is 11.8. The van der Waals surface area contributed by atoms with Crippen LogP contribution in [0.15, 0.2) is 0 Å². The van der Waals surface area contributed by atoms with Crippen molar-refractivity contribution in [1.29, 1.82) is 0 Å². The quantitative estimate of drug-likeness (QED) is 0.925. The van der Waals surface area contributed by atoms with Gasteiger partial charge >= 0.3 is 6.09 Å². The Morgan fingerprint density at radius 2 is 2.00 bits per heavy atom. The number of alkyl carbamates (subject to hydrolysis) is 1. The fourth-order valence-corrected chi connectivity index (χ4v) is 2.81. The standard InChI is InChI=1S/C17H29N3O3/c1-12-13(2)20(9-8-18-16(21)23-17(3,4)5)15(19-12)14-6-10-22-11-7-14/h14H,6-11H2,1-5H3,(H,18,21). The van der Waals surface area contributed by atoms with Crippen molar-refractivity contribution in [2.45, 2.75) is 65.5 Å². The monoisotopic (exact) mass is 323 g/mol. The van der Waals surface area contributed by atoms with E-state index in [0.29, 0.717) is 19.0 Å². The highest BCUT2D eigenvalue weighted by molar-refractivity contribution is 5.67. The molecule has 23 heavy (non-hydrogen) atoms. The third-order valence-corrected chi connectivity index (χ3v) is 4.08. The Morgan fingerprint density at radius 3 is 2.61 bits per heavy atom. The number of hydrogen-bond acceptors (Lipinski definition) is 4. The average molecular weight is 323 g/mol. The van der Waals surface area contributed by atoms with Crippen molar-refractivity contribution >= 4 is 6.09 Å². The molecule has 2 heterocycles. The van der Waals surface area contributed by atoms with E-state index in [1.54, 1.807) is 0 Å². The Morgan fingerprint density at radius 1 is 1.35 bits per heavy atom. The number of amides is 1. The Hall–Kier alpha value is -1.56. The van der Waals surface area contributed by atoms with E-state index >= 15 is 0 Å². The number of aromatic nitrogens is 2. The van der Waals surface area contributed by atoms with Crippen molar-refractivity contribution in [3.05, 3.63) is 17.2 Å². The van der Waals surface area contributed by atoms with Gasteiger partial charge in [-0.25, -0.2) is 9.78 Å². The van der Waals surface area contributed by atoms with E-state index in [1.807, 2.05) is 27.7 Å². The van der Waals surface area contributed by atoms with Gasteiger partial charge in [-0.05, 0) is 47.5 Å². The molecule has 1 aromatic rings. The summed E-state index contributed by atoms with van der Waals surface area (Å²) in [4.78, 5) is 16.5. The van der Waals surface area contributed by atoms with Crippen LogP contribution in [-0.4, -0.2) is 41.0 Å². The summed E-state index contributed by atoms with van der Waals surface area (Å²) in [5.74, 6) is 1.56. The summed E-state index contributed by atoms with van der Waals surface area (Å²) < 4.78 is 12.9. The smallest absolute Gasteiger partial charge is 0.407 e. The maximum atomic E-state index is 11.8. The summed E-state index contributed by atoms with van der Waals surface area (Å²) in [7, 11) is 0. The lowest BCUT2D eigenvalue weighted by molar-refractivity contribution is 0.0525. The molecule has 1 N–H and O–H groups in total. The first-order chi connectivity index (χ1) is 10.8. The van der Waals surface area contributed by atoms with Gasteiger partial charge in [-0.3, -0.25) is 0 Å². The summed E-state index contributed by atoms with van der Waals surface area (Å²) in [6.07, 6.45) is 1.64. The van der Waals surface area contributed by atoms with Crippen molar-refractivity contribution in [2.24, 2.45) is 0 Å². The van der Waals surface area contributed by atoms with Crippen LogP contribution in [0.5, 0.6) is 0 Å². The summed E-state index contributed by atoms with van der Waals surface area (Å²) in [5, 5.41) is 2.82.